The molecular weight excluding hydrogens is 370 g/mol. The lowest BCUT2D eigenvalue weighted by Gasteiger charge is -2.11. The summed E-state index contributed by atoms with van der Waals surface area (Å²) < 4.78 is 12.5. The first-order valence-electron chi connectivity index (χ1n) is 4.98. The highest BCUT2D eigenvalue weighted by molar-refractivity contribution is 9.11. The van der Waals surface area contributed by atoms with Gasteiger partial charge < -0.3 is 15.2 Å². The molecule has 0 saturated heterocycles. The molecule has 0 amide bonds. The Balaban J connectivity index is 2.59. The van der Waals surface area contributed by atoms with Crippen LogP contribution in [-0.2, 0) is 0 Å². The quantitative estimate of drug-likeness (QED) is 0.602. The summed E-state index contributed by atoms with van der Waals surface area (Å²) in [6.07, 6.45) is 1.51. The molecule has 1 rings (SSSR count). The lowest BCUT2D eigenvalue weighted by Crippen LogP contribution is -2.09. The monoisotopic (exact) mass is 381 g/mol. The fraction of sp³-hybridized carbons (Fsp3) is 0.364. The molecule has 0 bridgehead atoms. The van der Waals surface area contributed by atoms with E-state index < -0.39 is 0 Å². The summed E-state index contributed by atoms with van der Waals surface area (Å²) in [4.78, 5) is 0.517. The smallest absolute Gasteiger partial charge is 0.134 e. The number of ether oxygens (including phenoxy) is 2. The van der Waals surface area contributed by atoms with Crippen LogP contribution < -0.4 is 15.2 Å². The van der Waals surface area contributed by atoms with Crippen LogP contribution in [-0.4, -0.2) is 18.7 Å². The Morgan fingerprint density at radius 3 is 2.47 bits per heavy atom. The van der Waals surface area contributed by atoms with Crippen molar-refractivity contribution in [3.05, 3.63) is 21.1 Å². The van der Waals surface area contributed by atoms with Gasteiger partial charge in [-0.1, -0.05) is 12.2 Å². The molecule has 0 fully saturated rings. The molecule has 17 heavy (non-hydrogen) atoms. The number of rotatable bonds is 6. The minimum atomic E-state index is 0.517. The van der Waals surface area contributed by atoms with Crippen LogP contribution in [0.2, 0.25) is 0 Å². The minimum Gasteiger partial charge on any atom is -0.496 e. The summed E-state index contributed by atoms with van der Waals surface area (Å²) in [6.45, 7) is 0.578. The van der Waals surface area contributed by atoms with Crippen molar-refractivity contribution in [2.24, 2.45) is 5.73 Å². The second-order valence-electron chi connectivity index (χ2n) is 3.34. The van der Waals surface area contributed by atoms with Gasteiger partial charge in [0.2, 0.25) is 0 Å². The molecule has 0 aromatic heterocycles. The van der Waals surface area contributed by atoms with Crippen LogP contribution in [0.1, 0.15) is 12.8 Å². The summed E-state index contributed by atoms with van der Waals surface area (Å²) in [5, 5.41) is 0. The SMILES string of the molecule is COc1cc(Br)c(OCCCC(N)=S)cc1Br. The third-order valence-corrected chi connectivity index (χ3v) is 3.47. The molecule has 2 N–H and O–H groups in total. The number of nitrogens with two attached hydrogens (primary N) is 1. The topological polar surface area (TPSA) is 44.5 Å². The Hall–Kier alpha value is -0.330. The maximum Gasteiger partial charge on any atom is 0.134 e. The Kier molecular flexibility index (Phi) is 6.22. The Bertz CT molecular complexity index is 413. The van der Waals surface area contributed by atoms with Gasteiger partial charge in [-0.3, -0.25) is 0 Å². The van der Waals surface area contributed by atoms with Crippen molar-refractivity contribution in [3.63, 3.8) is 0 Å². The third-order valence-electron chi connectivity index (χ3n) is 2.03. The normalized spacial score (nSPS) is 10.1. The fourth-order valence-corrected chi connectivity index (χ4v) is 2.27. The Morgan fingerprint density at radius 2 is 1.88 bits per heavy atom. The summed E-state index contributed by atoms with van der Waals surface area (Å²) in [7, 11) is 1.62. The van der Waals surface area contributed by atoms with Crippen LogP contribution >= 0.6 is 44.1 Å². The lowest BCUT2D eigenvalue weighted by molar-refractivity contribution is 0.310. The van der Waals surface area contributed by atoms with Gasteiger partial charge in [0.15, 0.2) is 0 Å². The molecule has 1 aromatic rings. The number of benzene rings is 1. The number of methoxy groups -OCH3 is 1. The third kappa shape index (κ3) is 4.81. The highest BCUT2D eigenvalue weighted by Crippen LogP contribution is 2.35. The van der Waals surface area contributed by atoms with E-state index in [1.165, 1.54) is 0 Å². The highest BCUT2D eigenvalue weighted by Gasteiger charge is 2.08. The average Bonchev–Trinajstić information content (AvgIpc) is 2.28. The van der Waals surface area contributed by atoms with Crippen molar-refractivity contribution >= 4 is 49.1 Å². The molecule has 0 unspecified atom stereocenters. The zero-order valence-corrected chi connectivity index (χ0v) is 13.3. The molecule has 0 aliphatic heterocycles. The number of hydrogen-bond acceptors (Lipinski definition) is 3. The van der Waals surface area contributed by atoms with Crippen molar-refractivity contribution in [2.45, 2.75) is 12.8 Å². The van der Waals surface area contributed by atoms with Gasteiger partial charge in [0.25, 0.3) is 0 Å². The van der Waals surface area contributed by atoms with Gasteiger partial charge in [0, 0.05) is 6.42 Å². The van der Waals surface area contributed by atoms with Crippen LogP contribution in [0.4, 0.5) is 0 Å². The minimum absolute atomic E-state index is 0.517. The fourth-order valence-electron chi connectivity index (χ4n) is 1.21. The second kappa shape index (κ2) is 7.18. The van der Waals surface area contributed by atoms with Gasteiger partial charge in [0.05, 0.1) is 27.7 Å². The van der Waals surface area contributed by atoms with Gasteiger partial charge in [-0.25, -0.2) is 0 Å². The van der Waals surface area contributed by atoms with Gasteiger partial charge in [-0.2, -0.15) is 0 Å². The average molecular weight is 383 g/mol. The maximum absolute atomic E-state index is 5.62. The van der Waals surface area contributed by atoms with Crippen molar-refractivity contribution in [3.8, 4) is 11.5 Å². The largest absolute Gasteiger partial charge is 0.496 e. The van der Waals surface area contributed by atoms with E-state index in [4.69, 9.17) is 27.4 Å². The summed E-state index contributed by atoms with van der Waals surface area (Å²) in [5.74, 6) is 1.52. The zero-order valence-electron chi connectivity index (χ0n) is 9.33. The van der Waals surface area contributed by atoms with E-state index >= 15 is 0 Å². The van der Waals surface area contributed by atoms with Crippen LogP contribution in [0.15, 0.2) is 21.1 Å². The first kappa shape index (κ1) is 14.7. The van der Waals surface area contributed by atoms with Crippen molar-refractivity contribution < 1.29 is 9.47 Å². The highest BCUT2D eigenvalue weighted by atomic mass is 79.9. The number of hydrogen-bond donors (Lipinski definition) is 1. The molecule has 0 atom stereocenters. The van der Waals surface area contributed by atoms with Crippen LogP contribution in [0.5, 0.6) is 11.5 Å². The number of thiocarbonyl (C=S) groups is 1. The Morgan fingerprint density at radius 1 is 1.29 bits per heavy atom. The van der Waals surface area contributed by atoms with E-state index in [0.29, 0.717) is 18.0 Å². The zero-order chi connectivity index (χ0) is 12.8. The van der Waals surface area contributed by atoms with E-state index in [0.717, 1.165) is 26.9 Å². The van der Waals surface area contributed by atoms with E-state index in [1.807, 2.05) is 12.1 Å². The predicted molar refractivity (Wildman–Crippen MR) is 79.9 cm³/mol. The van der Waals surface area contributed by atoms with E-state index in [-0.39, 0.29) is 0 Å². The van der Waals surface area contributed by atoms with Crippen LogP contribution in [0.25, 0.3) is 0 Å². The molecule has 0 spiro atoms. The standard InChI is InChI=1S/C11H13Br2NO2S/c1-15-9-5-8(13)10(6-7(9)12)16-4-2-3-11(14)17/h5-6H,2-4H2,1H3,(H2,14,17). The van der Waals surface area contributed by atoms with Gasteiger partial charge in [-0.05, 0) is 50.4 Å². The summed E-state index contributed by atoms with van der Waals surface area (Å²) >= 11 is 11.6. The first-order chi connectivity index (χ1) is 8.04. The molecule has 1 aromatic carbocycles. The van der Waals surface area contributed by atoms with Crippen LogP contribution in [0.3, 0.4) is 0 Å². The van der Waals surface area contributed by atoms with Crippen molar-refractivity contribution in [1.29, 1.82) is 0 Å². The molecule has 6 heteroatoms. The summed E-state index contributed by atoms with van der Waals surface area (Å²) in [6, 6.07) is 3.72. The van der Waals surface area contributed by atoms with Gasteiger partial charge in [-0.15, -0.1) is 0 Å². The molecular formula is C11H13Br2NO2S. The lowest BCUT2D eigenvalue weighted by atomic mass is 10.3. The van der Waals surface area contributed by atoms with E-state index in [2.05, 4.69) is 31.9 Å². The molecule has 3 nitrogen and oxygen atoms in total. The van der Waals surface area contributed by atoms with Crippen molar-refractivity contribution in [1.82, 2.24) is 0 Å². The molecule has 0 heterocycles. The number of halogens is 2. The molecule has 94 valence electrons. The first-order valence-corrected chi connectivity index (χ1v) is 6.98. The van der Waals surface area contributed by atoms with Gasteiger partial charge in [0.1, 0.15) is 11.5 Å². The molecule has 0 saturated carbocycles. The van der Waals surface area contributed by atoms with Crippen LogP contribution in [0, 0.1) is 0 Å². The van der Waals surface area contributed by atoms with Gasteiger partial charge >= 0.3 is 0 Å². The predicted octanol–water partition coefficient (Wildman–Crippen LogP) is 3.67. The van der Waals surface area contributed by atoms with E-state index in [1.54, 1.807) is 7.11 Å². The summed E-state index contributed by atoms with van der Waals surface area (Å²) in [5.41, 5.74) is 5.41. The molecule has 0 aliphatic rings. The molecule has 0 aliphatic carbocycles. The second-order valence-corrected chi connectivity index (χ2v) is 5.57. The molecule has 0 radical (unpaired) electrons. The maximum atomic E-state index is 5.62. The van der Waals surface area contributed by atoms with Crippen molar-refractivity contribution in [2.75, 3.05) is 13.7 Å². The van der Waals surface area contributed by atoms with E-state index in [9.17, 15) is 0 Å². The Labute approximate surface area is 123 Å².